The number of methoxy groups -OCH3 is 1. The SMILES string of the molecule is COc1ccccc1CN1CC(C(=O)Nc2ccc3c(c2)OCO3)CC1=O. The zero-order valence-corrected chi connectivity index (χ0v) is 14.9. The number of rotatable bonds is 5. The lowest BCUT2D eigenvalue weighted by Crippen LogP contribution is -2.28. The van der Waals surface area contributed by atoms with Crippen LogP contribution in [0.15, 0.2) is 42.5 Å². The van der Waals surface area contributed by atoms with Gasteiger partial charge < -0.3 is 24.4 Å². The number of ether oxygens (including phenoxy) is 3. The summed E-state index contributed by atoms with van der Waals surface area (Å²) in [6.45, 7) is 0.992. The predicted molar refractivity (Wildman–Crippen MR) is 97.7 cm³/mol. The molecule has 140 valence electrons. The average molecular weight is 368 g/mol. The van der Waals surface area contributed by atoms with Gasteiger partial charge in [-0.2, -0.15) is 0 Å². The fourth-order valence-electron chi connectivity index (χ4n) is 3.36. The molecule has 2 aromatic carbocycles. The molecule has 1 N–H and O–H groups in total. The summed E-state index contributed by atoms with van der Waals surface area (Å²) in [5.41, 5.74) is 1.55. The van der Waals surface area contributed by atoms with Gasteiger partial charge >= 0.3 is 0 Å². The lowest BCUT2D eigenvalue weighted by molar-refractivity contribution is -0.128. The van der Waals surface area contributed by atoms with Crippen LogP contribution in [0, 0.1) is 5.92 Å². The van der Waals surface area contributed by atoms with Gasteiger partial charge in [-0.15, -0.1) is 0 Å². The summed E-state index contributed by atoms with van der Waals surface area (Å²) in [4.78, 5) is 26.7. The molecule has 2 amide bonds. The van der Waals surface area contributed by atoms with Crippen molar-refractivity contribution < 1.29 is 23.8 Å². The van der Waals surface area contributed by atoms with Gasteiger partial charge in [0.15, 0.2) is 11.5 Å². The first-order valence-corrected chi connectivity index (χ1v) is 8.74. The Morgan fingerprint density at radius 2 is 2.04 bits per heavy atom. The molecule has 7 nitrogen and oxygen atoms in total. The highest BCUT2D eigenvalue weighted by molar-refractivity contribution is 5.97. The van der Waals surface area contributed by atoms with Gasteiger partial charge in [-0.25, -0.2) is 0 Å². The van der Waals surface area contributed by atoms with Crippen molar-refractivity contribution in [1.29, 1.82) is 0 Å². The molecular formula is C20H20N2O5. The molecule has 2 heterocycles. The molecule has 2 aromatic rings. The van der Waals surface area contributed by atoms with Crippen LogP contribution in [0.1, 0.15) is 12.0 Å². The number of nitrogens with zero attached hydrogens (tertiary/aromatic N) is 1. The first kappa shape index (κ1) is 17.2. The van der Waals surface area contributed by atoms with Crippen LogP contribution in [0.2, 0.25) is 0 Å². The van der Waals surface area contributed by atoms with Crippen molar-refractivity contribution in [1.82, 2.24) is 4.90 Å². The van der Waals surface area contributed by atoms with Crippen LogP contribution in [0.3, 0.4) is 0 Å². The summed E-state index contributed by atoms with van der Waals surface area (Å²) >= 11 is 0. The number of carbonyl (C=O) groups excluding carboxylic acids is 2. The first-order chi connectivity index (χ1) is 13.1. The highest BCUT2D eigenvalue weighted by Crippen LogP contribution is 2.34. The van der Waals surface area contributed by atoms with Crippen molar-refractivity contribution in [2.24, 2.45) is 5.92 Å². The molecule has 27 heavy (non-hydrogen) atoms. The zero-order valence-electron chi connectivity index (χ0n) is 14.9. The number of fused-ring (bicyclic) bond motifs is 1. The van der Waals surface area contributed by atoms with Gasteiger partial charge in [0.2, 0.25) is 18.6 Å². The van der Waals surface area contributed by atoms with Gasteiger partial charge in [-0.1, -0.05) is 18.2 Å². The second-order valence-electron chi connectivity index (χ2n) is 6.54. The smallest absolute Gasteiger partial charge is 0.231 e. The fraction of sp³-hybridized carbons (Fsp3) is 0.300. The van der Waals surface area contributed by atoms with E-state index in [-0.39, 0.29) is 25.0 Å². The Morgan fingerprint density at radius 1 is 1.22 bits per heavy atom. The quantitative estimate of drug-likeness (QED) is 0.877. The molecule has 0 saturated carbocycles. The summed E-state index contributed by atoms with van der Waals surface area (Å²) in [5, 5.41) is 2.86. The Balaban J connectivity index is 1.40. The van der Waals surface area contributed by atoms with Crippen molar-refractivity contribution in [3.63, 3.8) is 0 Å². The van der Waals surface area contributed by atoms with Gasteiger partial charge in [-0.05, 0) is 18.2 Å². The predicted octanol–water partition coefficient (Wildman–Crippen LogP) is 2.41. The molecule has 1 saturated heterocycles. The van der Waals surface area contributed by atoms with Crippen molar-refractivity contribution in [2.45, 2.75) is 13.0 Å². The van der Waals surface area contributed by atoms with Crippen LogP contribution in [0.5, 0.6) is 17.2 Å². The lowest BCUT2D eigenvalue weighted by Gasteiger charge is -2.18. The number of carbonyl (C=O) groups is 2. The number of likely N-dealkylation sites (tertiary alicyclic amines) is 1. The Kier molecular flexibility index (Phi) is 4.58. The number of benzene rings is 2. The van der Waals surface area contributed by atoms with E-state index in [0.717, 1.165) is 11.3 Å². The van der Waals surface area contributed by atoms with E-state index in [1.165, 1.54) is 0 Å². The summed E-state index contributed by atoms with van der Waals surface area (Å²) < 4.78 is 15.9. The zero-order chi connectivity index (χ0) is 18.8. The Hall–Kier alpha value is -3.22. The van der Waals surface area contributed by atoms with Crippen molar-refractivity contribution >= 4 is 17.5 Å². The molecule has 0 bridgehead atoms. The molecule has 0 aliphatic carbocycles. The maximum Gasteiger partial charge on any atom is 0.231 e. The molecule has 1 atom stereocenters. The minimum absolute atomic E-state index is 0.0354. The van der Waals surface area contributed by atoms with E-state index >= 15 is 0 Å². The van der Waals surface area contributed by atoms with Crippen molar-refractivity contribution in [3.05, 3.63) is 48.0 Å². The third-order valence-electron chi connectivity index (χ3n) is 4.78. The number of anilines is 1. The molecule has 0 spiro atoms. The molecular weight excluding hydrogens is 348 g/mol. The fourth-order valence-corrected chi connectivity index (χ4v) is 3.36. The second-order valence-corrected chi connectivity index (χ2v) is 6.54. The minimum Gasteiger partial charge on any atom is -0.496 e. The molecule has 7 heteroatoms. The van der Waals surface area contributed by atoms with Gasteiger partial charge in [0.25, 0.3) is 0 Å². The molecule has 1 fully saturated rings. The standard InChI is InChI=1S/C20H20N2O5/c1-25-16-5-3-2-4-13(16)10-22-11-14(8-19(22)23)20(24)21-15-6-7-17-18(9-15)27-12-26-17/h2-7,9,14H,8,10-12H2,1H3,(H,21,24). The maximum absolute atomic E-state index is 12.6. The van der Waals surface area contributed by atoms with E-state index in [4.69, 9.17) is 14.2 Å². The molecule has 2 aliphatic rings. The normalized spacial score (nSPS) is 17.9. The van der Waals surface area contributed by atoms with Gasteiger partial charge in [-0.3, -0.25) is 9.59 Å². The molecule has 0 radical (unpaired) electrons. The van der Waals surface area contributed by atoms with Crippen LogP contribution in [0.4, 0.5) is 5.69 Å². The molecule has 1 unspecified atom stereocenters. The minimum atomic E-state index is -0.391. The third-order valence-corrected chi connectivity index (χ3v) is 4.78. The largest absolute Gasteiger partial charge is 0.496 e. The summed E-state index contributed by atoms with van der Waals surface area (Å²) in [7, 11) is 1.60. The highest BCUT2D eigenvalue weighted by Gasteiger charge is 2.34. The first-order valence-electron chi connectivity index (χ1n) is 8.74. The Labute approximate surface area is 156 Å². The third kappa shape index (κ3) is 3.53. The van der Waals surface area contributed by atoms with Crippen molar-refractivity contribution in [2.75, 3.05) is 25.8 Å². The van der Waals surface area contributed by atoms with Crippen LogP contribution in [-0.2, 0) is 16.1 Å². The van der Waals surface area contributed by atoms with Gasteiger partial charge in [0, 0.05) is 36.8 Å². The van der Waals surface area contributed by atoms with Crippen LogP contribution < -0.4 is 19.5 Å². The van der Waals surface area contributed by atoms with Crippen LogP contribution >= 0.6 is 0 Å². The number of para-hydroxylation sites is 1. The average Bonchev–Trinajstić information content (AvgIpc) is 3.28. The number of hydrogen-bond acceptors (Lipinski definition) is 5. The van der Waals surface area contributed by atoms with Crippen molar-refractivity contribution in [3.8, 4) is 17.2 Å². The monoisotopic (exact) mass is 368 g/mol. The summed E-state index contributed by atoms with van der Waals surface area (Å²) in [5.74, 6) is 1.40. The van der Waals surface area contributed by atoms with E-state index in [2.05, 4.69) is 5.32 Å². The van der Waals surface area contributed by atoms with E-state index in [0.29, 0.717) is 30.3 Å². The molecule has 0 aromatic heterocycles. The molecule has 4 rings (SSSR count). The maximum atomic E-state index is 12.6. The molecule has 2 aliphatic heterocycles. The van der Waals surface area contributed by atoms with E-state index in [1.54, 1.807) is 30.2 Å². The summed E-state index contributed by atoms with van der Waals surface area (Å²) in [6.07, 6.45) is 0.200. The Morgan fingerprint density at radius 3 is 2.89 bits per heavy atom. The number of hydrogen-bond donors (Lipinski definition) is 1. The van der Waals surface area contributed by atoms with E-state index < -0.39 is 5.92 Å². The summed E-state index contributed by atoms with van der Waals surface area (Å²) in [6, 6.07) is 12.8. The van der Waals surface area contributed by atoms with Crippen LogP contribution in [-0.4, -0.2) is 37.2 Å². The van der Waals surface area contributed by atoms with Gasteiger partial charge in [0.05, 0.1) is 13.0 Å². The van der Waals surface area contributed by atoms with E-state index in [9.17, 15) is 9.59 Å². The lowest BCUT2D eigenvalue weighted by atomic mass is 10.1. The Bertz CT molecular complexity index is 882. The number of nitrogens with one attached hydrogen (secondary N) is 1. The van der Waals surface area contributed by atoms with Crippen LogP contribution in [0.25, 0.3) is 0 Å². The van der Waals surface area contributed by atoms with Gasteiger partial charge in [0.1, 0.15) is 5.75 Å². The highest BCUT2D eigenvalue weighted by atomic mass is 16.7. The number of amides is 2. The topological polar surface area (TPSA) is 77.1 Å². The second kappa shape index (κ2) is 7.19. The van der Waals surface area contributed by atoms with E-state index in [1.807, 2.05) is 24.3 Å².